The summed E-state index contributed by atoms with van der Waals surface area (Å²) in [6.45, 7) is 9.12. The van der Waals surface area contributed by atoms with Crippen LogP contribution in [0.2, 0.25) is 0 Å². The predicted octanol–water partition coefficient (Wildman–Crippen LogP) is 3.28. The zero-order valence-electron chi connectivity index (χ0n) is 17.2. The highest BCUT2D eigenvalue weighted by Gasteiger charge is 2.17. The summed E-state index contributed by atoms with van der Waals surface area (Å²) in [5, 5.41) is 6.97. The Morgan fingerprint density at radius 1 is 1.25 bits per heavy atom. The molecule has 2 fully saturated rings. The van der Waals surface area contributed by atoms with Crippen LogP contribution >= 0.6 is 24.0 Å². The van der Waals surface area contributed by atoms with Crippen molar-refractivity contribution < 1.29 is 9.15 Å². The van der Waals surface area contributed by atoms with Crippen molar-refractivity contribution in [2.45, 2.75) is 51.5 Å². The molecule has 0 saturated carbocycles. The van der Waals surface area contributed by atoms with Gasteiger partial charge in [0.15, 0.2) is 5.96 Å². The minimum absolute atomic E-state index is 0. The largest absolute Gasteiger partial charge is 0.469 e. The zero-order valence-corrected chi connectivity index (χ0v) is 19.5. The van der Waals surface area contributed by atoms with Crippen molar-refractivity contribution in [3.05, 3.63) is 24.2 Å². The van der Waals surface area contributed by atoms with Crippen LogP contribution < -0.4 is 10.6 Å². The van der Waals surface area contributed by atoms with Gasteiger partial charge in [-0.2, -0.15) is 0 Å². The highest BCUT2D eigenvalue weighted by molar-refractivity contribution is 14.0. The van der Waals surface area contributed by atoms with Crippen LogP contribution in [0.15, 0.2) is 27.8 Å². The van der Waals surface area contributed by atoms with Gasteiger partial charge in [-0.05, 0) is 51.3 Å². The van der Waals surface area contributed by atoms with Crippen molar-refractivity contribution >= 4 is 29.9 Å². The van der Waals surface area contributed by atoms with Crippen molar-refractivity contribution in [1.29, 1.82) is 0 Å². The van der Waals surface area contributed by atoms with E-state index in [2.05, 4.69) is 22.5 Å². The zero-order chi connectivity index (χ0) is 18.7. The first-order valence-electron chi connectivity index (χ1n) is 10.7. The number of piperidine rings is 1. The molecule has 0 bridgehead atoms. The lowest BCUT2D eigenvalue weighted by atomic mass is 10.0. The molecule has 3 heterocycles. The molecule has 1 aromatic heterocycles. The third-order valence-corrected chi connectivity index (χ3v) is 5.63. The lowest BCUT2D eigenvalue weighted by molar-refractivity contribution is 0.159. The normalized spacial score (nSPS) is 23.4. The van der Waals surface area contributed by atoms with Crippen molar-refractivity contribution in [3.63, 3.8) is 0 Å². The third kappa shape index (κ3) is 8.29. The molecule has 2 N–H and O–H groups in total. The van der Waals surface area contributed by atoms with Gasteiger partial charge in [0, 0.05) is 51.2 Å². The van der Waals surface area contributed by atoms with Crippen molar-refractivity contribution in [3.8, 4) is 0 Å². The fraction of sp³-hybridized carbons (Fsp3) is 0.762. The topological polar surface area (TPSA) is 62.0 Å². The fourth-order valence-electron chi connectivity index (χ4n) is 3.86. The van der Waals surface area contributed by atoms with Gasteiger partial charge in [0.2, 0.25) is 0 Å². The monoisotopic (exact) mass is 504 g/mol. The average molecular weight is 504 g/mol. The Hall–Kier alpha value is -0.800. The summed E-state index contributed by atoms with van der Waals surface area (Å²) in [4.78, 5) is 7.42. The van der Waals surface area contributed by atoms with E-state index in [0.29, 0.717) is 5.92 Å². The van der Waals surface area contributed by atoms with Gasteiger partial charge in [-0.1, -0.05) is 6.42 Å². The maximum absolute atomic E-state index is 5.47. The second-order valence-corrected chi connectivity index (χ2v) is 7.84. The van der Waals surface area contributed by atoms with E-state index in [0.717, 1.165) is 69.9 Å². The van der Waals surface area contributed by atoms with Crippen molar-refractivity contribution in [1.82, 2.24) is 15.5 Å². The van der Waals surface area contributed by atoms with E-state index in [9.17, 15) is 0 Å². The highest BCUT2D eigenvalue weighted by Crippen LogP contribution is 2.16. The van der Waals surface area contributed by atoms with E-state index in [1.165, 1.54) is 32.4 Å². The molecular weight excluding hydrogens is 467 g/mol. The van der Waals surface area contributed by atoms with Crippen molar-refractivity contribution in [2.24, 2.45) is 10.9 Å². The average Bonchev–Trinajstić information content (AvgIpc) is 3.38. The smallest absolute Gasteiger partial charge is 0.191 e. The number of rotatable bonds is 9. The summed E-state index contributed by atoms with van der Waals surface area (Å²) < 4.78 is 10.9. The number of furan rings is 1. The molecule has 0 aliphatic carbocycles. The quantitative estimate of drug-likeness (QED) is 0.234. The molecule has 28 heavy (non-hydrogen) atoms. The Labute approximate surface area is 186 Å². The summed E-state index contributed by atoms with van der Waals surface area (Å²) in [5.74, 6) is 2.48. The first kappa shape index (κ1) is 23.5. The second-order valence-electron chi connectivity index (χ2n) is 7.84. The van der Waals surface area contributed by atoms with Crippen LogP contribution in [-0.4, -0.2) is 62.8 Å². The Balaban J connectivity index is 0.00000280. The molecule has 3 rings (SSSR count). The molecular formula is C21H37IN4O2. The van der Waals surface area contributed by atoms with E-state index < -0.39 is 0 Å². The van der Waals surface area contributed by atoms with E-state index in [1.54, 1.807) is 6.26 Å². The summed E-state index contributed by atoms with van der Waals surface area (Å²) in [7, 11) is 0. The molecule has 2 saturated heterocycles. The van der Waals surface area contributed by atoms with Crippen LogP contribution in [0.25, 0.3) is 0 Å². The van der Waals surface area contributed by atoms with Gasteiger partial charge >= 0.3 is 0 Å². The van der Waals surface area contributed by atoms with Crippen LogP contribution in [0.4, 0.5) is 0 Å². The van der Waals surface area contributed by atoms with Crippen LogP contribution in [-0.2, 0) is 11.2 Å². The third-order valence-electron chi connectivity index (χ3n) is 5.63. The number of halogens is 1. The molecule has 2 aliphatic rings. The van der Waals surface area contributed by atoms with Gasteiger partial charge in [0.1, 0.15) is 5.76 Å². The molecule has 7 heteroatoms. The van der Waals surface area contributed by atoms with E-state index in [1.807, 2.05) is 12.1 Å². The van der Waals surface area contributed by atoms with Gasteiger partial charge in [-0.3, -0.25) is 4.99 Å². The molecule has 0 radical (unpaired) electrons. The van der Waals surface area contributed by atoms with Gasteiger partial charge in [-0.15, -0.1) is 24.0 Å². The molecule has 6 nitrogen and oxygen atoms in total. The lowest BCUT2D eigenvalue weighted by Gasteiger charge is -2.33. The lowest BCUT2D eigenvalue weighted by Crippen LogP contribution is -2.42. The number of aliphatic imine (C=N–C) groups is 1. The Kier molecular flexibility index (Phi) is 11.3. The van der Waals surface area contributed by atoms with Crippen LogP contribution in [0, 0.1) is 5.92 Å². The molecule has 2 atom stereocenters. The van der Waals surface area contributed by atoms with Crippen molar-refractivity contribution in [2.75, 3.05) is 45.9 Å². The summed E-state index contributed by atoms with van der Waals surface area (Å²) in [6.07, 6.45) is 8.94. The SMILES string of the molecule is CC1CCCCN1CCCNC(=NCC1CCOC1)NCCc1ccco1.I. The van der Waals surface area contributed by atoms with Crippen LogP contribution in [0.5, 0.6) is 0 Å². The molecule has 0 aromatic carbocycles. The van der Waals surface area contributed by atoms with Gasteiger partial charge in [-0.25, -0.2) is 0 Å². The second kappa shape index (κ2) is 13.4. The molecule has 0 spiro atoms. The summed E-state index contributed by atoms with van der Waals surface area (Å²) >= 11 is 0. The Morgan fingerprint density at radius 3 is 2.89 bits per heavy atom. The number of guanidine groups is 1. The predicted molar refractivity (Wildman–Crippen MR) is 125 cm³/mol. The number of hydrogen-bond acceptors (Lipinski definition) is 4. The van der Waals surface area contributed by atoms with E-state index >= 15 is 0 Å². The minimum Gasteiger partial charge on any atom is -0.469 e. The molecule has 1 aromatic rings. The fourth-order valence-corrected chi connectivity index (χ4v) is 3.86. The van der Waals surface area contributed by atoms with Gasteiger partial charge < -0.3 is 24.7 Å². The number of nitrogens with one attached hydrogen (secondary N) is 2. The molecule has 160 valence electrons. The van der Waals surface area contributed by atoms with E-state index in [-0.39, 0.29) is 24.0 Å². The molecule has 0 amide bonds. The maximum atomic E-state index is 5.47. The molecule has 2 aliphatic heterocycles. The number of ether oxygens (including phenoxy) is 1. The van der Waals surface area contributed by atoms with Gasteiger partial charge in [0.05, 0.1) is 12.9 Å². The number of hydrogen-bond donors (Lipinski definition) is 2. The van der Waals surface area contributed by atoms with E-state index in [4.69, 9.17) is 14.1 Å². The summed E-state index contributed by atoms with van der Waals surface area (Å²) in [5.41, 5.74) is 0. The van der Waals surface area contributed by atoms with Crippen LogP contribution in [0.1, 0.15) is 44.8 Å². The number of nitrogens with zero attached hydrogens (tertiary/aromatic N) is 2. The Bertz CT molecular complexity index is 547. The van der Waals surface area contributed by atoms with Gasteiger partial charge in [0.25, 0.3) is 0 Å². The van der Waals surface area contributed by atoms with Crippen LogP contribution in [0.3, 0.4) is 0 Å². The molecule has 2 unspecified atom stereocenters. The summed E-state index contributed by atoms with van der Waals surface area (Å²) in [6, 6.07) is 4.69. The first-order chi connectivity index (χ1) is 13.3. The standard InChI is InChI=1S/C21H36N4O2.HI/c1-18-6-2-3-12-25(18)13-5-10-22-21(24-16-19-9-15-26-17-19)23-11-8-20-7-4-14-27-20;/h4,7,14,18-19H,2-3,5-6,8-13,15-17H2,1H3,(H2,22,23,24);1H. The first-order valence-corrected chi connectivity index (χ1v) is 10.7. The highest BCUT2D eigenvalue weighted by atomic mass is 127. The number of likely N-dealkylation sites (tertiary alicyclic amines) is 1. The Morgan fingerprint density at radius 2 is 2.14 bits per heavy atom. The maximum Gasteiger partial charge on any atom is 0.191 e. The minimum atomic E-state index is 0.